The van der Waals surface area contributed by atoms with E-state index < -0.39 is 0 Å². The van der Waals surface area contributed by atoms with E-state index in [1.807, 2.05) is 25.1 Å². The molecule has 0 amide bonds. The van der Waals surface area contributed by atoms with Crippen LogP contribution in [0, 0.1) is 6.92 Å². The molecular formula is C15H12ClN. The Morgan fingerprint density at radius 1 is 1.00 bits per heavy atom. The predicted molar refractivity (Wildman–Crippen MR) is 73.0 cm³/mol. The van der Waals surface area contributed by atoms with Crippen molar-refractivity contribution in [3.8, 4) is 5.69 Å². The molecule has 17 heavy (non-hydrogen) atoms. The van der Waals surface area contributed by atoms with Crippen molar-refractivity contribution < 1.29 is 0 Å². The average molecular weight is 242 g/mol. The first-order valence-corrected chi connectivity index (χ1v) is 5.96. The molecule has 0 aliphatic rings. The van der Waals surface area contributed by atoms with Crippen molar-refractivity contribution in [3.63, 3.8) is 0 Å². The molecule has 0 unspecified atom stereocenters. The van der Waals surface area contributed by atoms with Crippen LogP contribution in [0.25, 0.3) is 16.6 Å². The number of rotatable bonds is 1. The Kier molecular flexibility index (Phi) is 2.41. The van der Waals surface area contributed by atoms with Gasteiger partial charge in [-0.2, -0.15) is 0 Å². The molecule has 0 saturated carbocycles. The lowest BCUT2D eigenvalue weighted by Crippen LogP contribution is -1.93. The van der Waals surface area contributed by atoms with Gasteiger partial charge in [-0.05, 0) is 42.1 Å². The summed E-state index contributed by atoms with van der Waals surface area (Å²) in [6.07, 6.45) is 2.06. The zero-order valence-corrected chi connectivity index (χ0v) is 10.3. The molecule has 0 N–H and O–H groups in total. The second-order valence-electron chi connectivity index (χ2n) is 4.20. The van der Waals surface area contributed by atoms with E-state index in [4.69, 9.17) is 11.6 Å². The molecule has 3 aromatic rings. The normalized spacial score (nSPS) is 10.9. The van der Waals surface area contributed by atoms with Crippen LogP contribution in [0.3, 0.4) is 0 Å². The van der Waals surface area contributed by atoms with Crippen molar-refractivity contribution in [2.45, 2.75) is 6.92 Å². The molecule has 84 valence electrons. The number of hydrogen-bond donors (Lipinski definition) is 0. The first-order valence-electron chi connectivity index (χ1n) is 5.58. The fraction of sp³-hybridized carbons (Fsp3) is 0.0667. The molecule has 0 atom stereocenters. The van der Waals surface area contributed by atoms with Crippen LogP contribution in [0.1, 0.15) is 5.56 Å². The molecule has 0 saturated heterocycles. The molecule has 2 heteroatoms. The van der Waals surface area contributed by atoms with Gasteiger partial charge in [-0.25, -0.2) is 0 Å². The molecular weight excluding hydrogens is 230 g/mol. The zero-order valence-electron chi connectivity index (χ0n) is 9.52. The lowest BCUT2D eigenvalue weighted by atomic mass is 10.2. The van der Waals surface area contributed by atoms with Crippen molar-refractivity contribution in [3.05, 3.63) is 65.3 Å². The number of para-hydroxylation sites is 1. The van der Waals surface area contributed by atoms with Crippen molar-refractivity contribution in [2.75, 3.05) is 0 Å². The first-order chi connectivity index (χ1) is 8.25. The van der Waals surface area contributed by atoms with Gasteiger partial charge in [-0.1, -0.05) is 35.9 Å². The second-order valence-corrected chi connectivity index (χ2v) is 4.61. The number of aromatic nitrogens is 1. The summed E-state index contributed by atoms with van der Waals surface area (Å²) in [5.74, 6) is 0. The molecule has 1 aromatic heterocycles. The van der Waals surface area contributed by atoms with Crippen LogP contribution in [0.2, 0.25) is 5.02 Å². The third-order valence-electron chi connectivity index (χ3n) is 2.96. The molecule has 0 spiro atoms. The molecule has 1 nitrogen and oxygen atoms in total. The number of nitrogens with zero attached hydrogens (tertiary/aromatic N) is 1. The Morgan fingerprint density at radius 3 is 2.65 bits per heavy atom. The van der Waals surface area contributed by atoms with Gasteiger partial charge in [0, 0.05) is 6.20 Å². The van der Waals surface area contributed by atoms with Crippen LogP contribution in [0.4, 0.5) is 0 Å². The summed E-state index contributed by atoms with van der Waals surface area (Å²) < 4.78 is 2.12. The van der Waals surface area contributed by atoms with Crippen LogP contribution in [0.15, 0.2) is 54.7 Å². The van der Waals surface area contributed by atoms with Gasteiger partial charge in [0.1, 0.15) is 0 Å². The van der Waals surface area contributed by atoms with E-state index in [1.54, 1.807) is 0 Å². The smallest absolute Gasteiger partial charge is 0.0649 e. The van der Waals surface area contributed by atoms with Gasteiger partial charge in [0.25, 0.3) is 0 Å². The molecule has 2 aromatic carbocycles. The zero-order chi connectivity index (χ0) is 11.8. The van der Waals surface area contributed by atoms with Gasteiger partial charge in [0.2, 0.25) is 0 Å². The quantitative estimate of drug-likeness (QED) is 0.587. The van der Waals surface area contributed by atoms with Gasteiger partial charge >= 0.3 is 0 Å². The van der Waals surface area contributed by atoms with Gasteiger partial charge in [-0.3, -0.25) is 0 Å². The van der Waals surface area contributed by atoms with E-state index in [2.05, 4.69) is 41.1 Å². The molecule has 0 radical (unpaired) electrons. The Bertz CT molecular complexity index is 682. The highest BCUT2D eigenvalue weighted by Gasteiger charge is 2.06. The Labute approximate surface area is 105 Å². The molecule has 0 aliphatic heterocycles. The van der Waals surface area contributed by atoms with E-state index >= 15 is 0 Å². The van der Waals surface area contributed by atoms with Crippen LogP contribution < -0.4 is 0 Å². The highest BCUT2D eigenvalue weighted by molar-refractivity contribution is 6.32. The summed E-state index contributed by atoms with van der Waals surface area (Å²) in [5, 5.41) is 2.01. The Balaban J connectivity index is 2.27. The number of hydrogen-bond acceptors (Lipinski definition) is 0. The highest BCUT2D eigenvalue weighted by Crippen LogP contribution is 2.26. The standard InChI is InChI=1S/C15H12ClN/c1-11-6-7-15(13(16)10-11)17-9-8-12-4-2-3-5-14(12)17/h2-10H,1H3. The SMILES string of the molecule is Cc1ccc(-n2ccc3ccccc32)c(Cl)c1. The minimum absolute atomic E-state index is 0.784. The predicted octanol–water partition coefficient (Wildman–Crippen LogP) is 4.59. The summed E-state index contributed by atoms with van der Waals surface area (Å²) in [7, 11) is 0. The summed E-state index contributed by atoms with van der Waals surface area (Å²) in [6, 6.07) is 16.5. The van der Waals surface area contributed by atoms with Gasteiger partial charge < -0.3 is 4.57 Å². The summed E-state index contributed by atoms with van der Waals surface area (Å²) in [5.41, 5.74) is 3.38. The highest BCUT2D eigenvalue weighted by atomic mass is 35.5. The topological polar surface area (TPSA) is 4.93 Å². The lowest BCUT2D eigenvalue weighted by molar-refractivity contribution is 1.12. The molecule has 0 fully saturated rings. The van der Waals surface area contributed by atoms with Crippen molar-refractivity contribution in [1.29, 1.82) is 0 Å². The third kappa shape index (κ3) is 1.73. The van der Waals surface area contributed by atoms with E-state index in [0.717, 1.165) is 10.7 Å². The largest absolute Gasteiger partial charge is 0.315 e. The Hall–Kier alpha value is -1.73. The minimum Gasteiger partial charge on any atom is -0.315 e. The number of benzene rings is 2. The van der Waals surface area contributed by atoms with Crippen LogP contribution in [0.5, 0.6) is 0 Å². The minimum atomic E-state index is 0.784. The fourth-order valence-corrected chi connectivity index (χ4v) is 2.43. The first kappa shape index (κ1) is 10.4. The van der Waals surface area contributed by atoms with Crippen molar-refractivity contribution >= 4 is 22.5 Å². The summed E-state index contributed by atoms with van der Waals surface area (Å²) >= 11 is 6.30. The number of fused-ring (bicyclic) bond motifs is 1. The molecule has 0 aliphatic carbocycles. The maximum atomic E-state index is 6.30. The lowest BCUT2D eigenvalue weighted by Gasteiger charge is -2.08. The number of aryl methyl sites for hydroxylation is 1. The molecule has 0 bridgehead atoms. The Morgan fingerprint density at radius 2 is 1.82 bits per heavy atom. The average Bonchev–Trinajstić information content (AvgIpc) is 2.73. The van der Waals surface area contributed by atoms with Crippen molar-refractivity contribution in [1.82, 2.24) is 4.57 Å². The maximum Gasteiger partial charge on any atom is 0.0649 e. The maximum absolute atomic E-state index is 6.30. The van der Waals surface area contributed by atoms with E-state index in [0.29, 0.717) is 0 Å². The monoisotopic (exact) mass is 241 g/mol. The van der Waals surface area contributed by atoms with Crippen LogP contribution >= 0.6 is 11.6 Å². The van der Waals surface area contributed by atoms with E-state index in [-0.39, 0.29) is 0 Å². The van der Waals surface area contributed by atoms with E-state index in [1.165, 1.54) is 16.5 Å². The van der Waals surface area contributed by atoms with Gasteiger partial charge in [0.15, 0.2) is 0 Å². The molecule has 3 rings (SSSR count). The van der Waals surface area contributed by atoms with Crippen LogP contribution in [-0.4, -0.2) is 4.57 Å². The summed E-state index contributed by atoms with van der Waals surface area (Å²) in [4.78, 5) is 0. The summed E-state index contributed by atoms with van der Waals surface area (Å²) in [6.45, 7) is 2.05. The third-order valence-corrected chi connectivity index (χ3v) is 3.26. The van der Waals surface area contributed by atoms with E-state index in [9.17, 15) is 0 Å². The van der Waals surface area contributed by atoms with Crippen LogP contribution in [-0.2, 0) is 0 Å². The second kappa shape index (κ2) is 3.94. The van der Waals surface area contributed by atoms with Crippen molar-refractivity contribution in [2.24, 2.45) is 0 Å². The van der Waals surface area contributed by atoms with Gasteiger partial charge in [0.05, 0.1) is 16.2 Å². The fourth-order valence-electron chi connectivity index (χ4n) is 2.10. The number of halogens is 1. The molecule has 1 heterocycles. The van der Waals surface area contributed by atoms with Gasteiger partial charge in [-0.15, -0.1) is 0 Å².